The van der Waals surface area contributed by atoms with Crippen LogP contribution >= 0.6 is 70.6 Å². The largest absolute Gasteiger partial charge is 0.123 e. The fourth-order valence-electron chi connectivity index (χ4n) is 24.3. The van der Waals surface area contributed by atoms with E-state index in [-0.39, 0.29) is 0 Å². The van der Waals surface area contributed by atoms with Crippen LogP contribution in [0.5, 0.6) is 0 Å². The van der Waals surface area contributed by atoms with Crippen molar-refractivity contribution in [3.63, 3.8) is 0 Å². The van der Waals surface area contributed by atoms with Crippen molar-refractivity contribution in [1.29, 1.82) is 0 Å². The van der Waals surface area contributed by atoms with Crippen LogP contribution in [0.1, 0.15) is 619 Å². The van der Waals surface area contributed by atoms with Crippen molar-refractivity contribution in [3.8, 4) is 0 Å². The normalized spacial score (nSPS) is 23.3. The minimum absolute atomic E-state index is 0.874. The minimum atomic E-state index is 0.874. The average molecular weight is 1860 g/mol. The Morgan fingerprint density at radius 1 is 0.119 bits per heavy atom. The van der Waals surface area contributed by atoms with E-state index in [1.54, 1.807) is 0 Å². The van der Waals surface area contributed by atoms with E-state index in [2.05, 4.69) is 112 Å². The van der Waals surface area contributed by atoms with E-state index in [9.17, 15) is 0 Å². The van der Waals surface area contributed by atoms with Crippen LogP contribution in [0.2, 0.25) is 0 Å². The number of thioether (sulfide) groups is 6. The predicted molar refractivity (Wildman–Crippen MR) is 582 cm³/mol. The van der Waals surface area contributed by atoms with E-state index in [0.717, 1.165) is 71.0 Å². The lowest BCUT2D eigenvalue weighted by Crippen LogP contribution is -2.18. The summed E-state index contributed by atoms with van der Waals surface area (Å²) in [5.74, 6) is 19.4. The van der Waals surface area contributed by atoms with Gasteiger partial charge in [-0.25, -0.2) is 0 Å². The van der Waals surface area contributed by atoms with Crippen LogP contribution in [0.15, 0.2) is 29.4 Å². The van der Waals surface area contributed by atoms with E-state index in [0.29, 0.717) is 0 Å². The third-order valence-corrected chi connectivity index (χ3v) is 42.4. The SMILES string of the molecule is CCCCCCCCCCCC[C@H]1CC[C@H](CSc2c(SC[C@H]3CC[C@H](CCCCCCCCCCCC)CC3)c(SC[C@H]3CC[C@H](CCCCCCCCCCCC)CC3)c(SC[C@H]3CC[C@H](CCCCCCCCCCCC)CC3)c(SC[C@H]3CC[C@H](CCCCCCCCCCCC)CC3)c2SC[C@H]2CC[C@H](CCCCCCCCCCCC)CC2)CC1. The molecule has 1 aromatic carbocycles. The van der Waals surface area contributed by atoms with Gasteiger partial charge in [-0.1, -0.05) is 542 Å². The second-order valence-corrected chi connectivity index (χ2v) is 51.2. The summed E-state index contributed by atoms with van der Waals surface area (Å²) in [5.41, 5.74) is 0. The molecule has 0 bridgehead atoms. The number of hydrogen-bond acceptors (Lipinski definition) is 6. The second-order valence-electron chi connectivity index (χ2n) is 45.0. The molecular weight excluding hydrogens is 1630 g/mol. The van der Waals surface area contributed by atoms with Crippen LogP contribution in [0.3, 0.4) is 0 Å². The van der Waals surface area contributed by atoms with Gasteiger partial charge in [0.05, 0.1) is 0 Å². The lowest BCUT2D eigenvalue weighted by Gasteiger charge is -2.33. The third kappa shape index (κ3) is 55.2. The summed E-state index contributed by atoms with van der Waals surface area (Å²) < 4.78 is 0. The minimum Gasteiger partial charge on any atom is -0.123 e. The molecular formula is C120H222S6. The molecule has 0 aromatic heterocycles. The van der Waals surface area contributed by atoms with Gasteiger partial charge in [0.1, 0.15) is 0 Å². The molecule has 6 aliphatic rings. The molecule has 0 spiro atoms. The Morgan fingerprint density at radius 2 is 0.206 bits per heavy atom. The highest BCUT2D eigenvalue weighted by Crippen LogP contribution is 2.58. The first-order valence-corrected chi connectivity index (χ1v) is 65.3. The topological polar surface area (TPSA) is 0 Å². The Labute approximate surface area is 818 Å². The Hall–Kier alpha value is 1.32. The van der Waals surface area contributed by atoms with E-state index < -0.39 is 0 Å². The first kappa shape index (κ1) is 114. The monoisotopic (exact) mass is 1860 g/mol. The fourth-order valence-corrected chi connectivity index (χ4v) is 34.0. The molecule has 0 amide bonds. The van der Waals surface area contributed by atoms with Crippen LogP contribution in [0.25, 0.3) is 0 Å². The van der Waals surface area contributed by atoms with Gasteiger partial charge in [0.2, 0.25) is 0 Å². The van der Waals surface area contributed by atoms with E-state index in [1.807, 2.05) is 29.4 Å². The summed E-state index contributed by atoms with van der Waals surface area (Å²) >= 11 is 15.1. The molecule has 0 nitrogen and oxygen atoms in total. The van der Waals surface area contributed by atoms with Crippen LogP contribution in [-0.2, 0) is 0 Å². The molecule has 126 heavy (non-hydrogen) atoms. The van der Waals surface area contributed by atoms with Crippen LogP contribution < -0.4 is 0 Å². The molecule has 0 aliphatic heterocycles. The van der Waals surface area contributed by atoms with E-state index >= 15 is 0 Å². The quantitative estimate of drug-likeness (QED) is 0.0468. The number of benzene rings is 1. The summed E-state index contributed by atoms with van der Waals surface area (Å²) in [6, 6.07) is 0. The zero-order valence-electron chi connectivity index (χ0n) is 86.3. The molecule has 6 fully saturated rings. The molecule has 6 aliphatic carbocycles. The van der Waals surface area contributed by atoms with Crippen LogP contribution in [-0.4, -0.2) is 34.5 Å². The smallest absolute Gasteiger partial charge is 0.0368 e. The van der Waals surface area contributed by atoms with Crippen LogP contribution in [0, 0.1) is 71.0 Å². The highest BCUT2D eigenvalue weighted by molar-refractivity contribution is 8.06. The Balaban J connectivity index is 1.18. The molecule has 1 aromatic rings. The summed E-state index contributed by atoms with van der Waals surface area (Å²) in [6.45, 7) is 14.2. The maximum Gasteiger partial charge on any atom is 0.0368 e. The number of unbranched alkanes of at least 4 members (excludes halogenated alkanes) is 54. The van der Waals surface area contributed by atoms with Gasteiger partial charge in [-0.2, -0.15) is 0 Å². The fraction of sp³-hybridized carbons (Fsp3) is 0.950. The first-order chi connectivity index (χ1) is 62.4. The van der Waals surface area contributed by atoms with E-state index in [4.69, 9.17) is 0 Å². The standard InChI is InChI=1S/C120H222S6/c1-7-13-19-25-31-37-43-49-55-61-67-103-73-85-109(86-74-103)97-121-115-116(122-98-110-87-75-104(76-88-110)68-62-56-50-44-38-32-26-20-14-8-2)118(124-100-112-91-79-106(80-92-112)70-64-58-52-46-40-34-28-22-16-10-4)120(126-102-114-95-83-108(84-96-114)72-66-60-54-48-42-36-30-24-18-12-6)119(125-101-113-93-81-107(82-94-113)71-65-59-53-47-41-35-29-23-17-11-5)117(115)123-99-111-89-77-105(78-90-111)69-63-57-51-45-39-33-27-21-15-9-3/h103-114H,7-102H2,1-6H3/t103-,104-,105-,106-,107-,108-,109-,110-,111-,112-,113-,114-. The Kier molecular flexibility index (Phi) is 72.7. The third-order valence-electron chi connectivity index (χ3n) is 33.6. The van der Waals surface area contributed by atoms with Gasteiger partial charge in [0, 0.05) is 63.9 Å². The predicted octanol–water partition coefficient (Wildman–Crippen LogP) is 44.9. The molecule has 0 heterocycles. The van der Waals surface area contributed by atoms with Gasteiger partial charge in [-0.15, -0.1) is 70.6 Å². The van der Waals surface area contributed by atoms with Crippen molar-refractivity contribution in [1.82, 2.24) is 0 Å². The second kappa shape index (κ2) is 80.2. The summed E-state index contributed by atoms with van der Waals surface area (Å²) in [6.07, 6.45) is 133. The van der Waals surface area contributed by atoms with Crippen molar-refractivity contribution in [3.05, 3.63) is 0 Å². The molecule has 6 heteroatoms. The summed E-state index contributed by atoms with van der Waals surface area (Å²) in [4.78, 5) is 11.2. The van der Waals surface area contributed by atoms with E-state index in [1.165, 1.54) is 612 Å². The van der Waals surface area contributed by atoms with Gasteiger partial charge in [-0.3, -0.25) is 0 Å². The van der Waals surface area contributed by atoms with Crippen LogP contribution in [0.4, 0.5) is 0 Å². The lowest BCUT2D eigenvalue weighted by atomic mass is 9.80. The molecule has 0 atom stereocenters. The zero-order valence-corrected chi connectivity index (χ0v) is 91.2. The number of rotatable bonds is 84. The summed E-state index contributed by atoms with van der Waals surface area (Å²) in [7, 11) is 0. The Morgan fingerprint density at radius 3 is 0.310 bits per heavy atom. The number of hydrogen-bond donors (Lipinski definition) is 0. The highest BCUT2D eigenvalue weighted by Gasteiger charge is 2.35. The molecule has 0 radical (unpaired) electrons. The van der Waals surface area contributed by atoms with Gasteiger partial charge < -0.3 is 0 Å². The molecule has 6 saturated carbocycles. The average Bonchev–Trinajstić information content (AvgIpc) is 0.760. The summed E-state index contributed by atoms with van der Waals surface area (Å²) in [5, 5.41) is 0. The van der Waals surface area contributed by atoms with Gasteiger partial charge in [0.15, 0.2) is 0 Å². The highest BCUT2D eigenvalue weighted by atomic mass is 32.2. The maximum absolute atomic E-state index is 2.51. The molecule has 738 valence electrons. The van der Waals surface area contributed by atoms with Crippen molar-refractivity contribution in [2.45, 2.75) is 649 Å². The van der Waals surface area contributed by atoms with Crippen molar-refractivity contribution >= 4 is 70.6 Å². The van der Waals surface area contributed by atoms with Gasteiger partial charge >= 0.3 is 0 Å². The van der Waals surface area contributed by atoms with Crippen molar-refractivity contribution in [2.24, 2.45) is 71.0 Å². The Bertz CT molecular complexity index is 2050. The first-order valence-electron chi connectivity index (χ1n) is 59.4. The maximum atomic E-state index is 2.51. The van der Waals surface area contributed by atoms with Gasteiger partial charge in [-0.05, 0) is 148 Å². The molecule has 7 rings (SSSR count). The zero-order chi connectivity index (χ0) is 88.5. The molecule has 0 unspecified atom stereocenters. The van der Waals surface area contributed by atoms with Crippen molar-refractivity contribution in [2.75, 3.05) is 34.5 Å². The molecule has 0 N–H and O–H groups in total. The lowest BCUT2D eigenvalue weighted by molar-refractivity contribution is 0.274. The molecule has 0 saturated heterocycles. The van der Waals surface area contributed by atoms with Crippen molar-refractivity contribution < 1.29 is 0 Å². The van der Waals surface area contributed by atoms with Gasteiger partial charge in [0.25, 0.3) is 0 Å².